The van der Waals surface area contributed by atoms with Crippen molar-refractivity contribution in [1.29, 1.82) is 0 Å². The summed E-state index contributed by atoms with van der Waals surface area (Å²) in [4.78, 5) is 21.2. The highest BCUT2D eigenvalue weighted by atomic mass is 16.4. The highest BCUT2D eigenvalue weighted by molar-refractivity contribution is 5.96. The Morgan fingerprint density at radius 2 is 0.964 bits per heavy atom. The molecule has 0 aliphatic carbocycles. The number of carbonyl (C=O) groups is 2. The summed E-state index contributed by atoms with van der Waals surface area (Å²) in [6.07, 6.45) is 9.97. The standard InChI is InChI=1S/C9H8O4.C9H20.C6H6/c1-5-6(8(10)11)3-2-4-7(5)9(12)13;1-3-5-7-9-8-6-4-2;1-2-4-6-5-3-1/h2-4H,1H3,(H,10,11)(H,12,13);3-9H2,1-2H3;1-6H. The number of hydrogen-bond acceptors (Lipinski definition) is 2. The van der Waals surface area contributed by atoms with Gasteiger partial charge in [0.1, 0.15) is 0 Å². The molecule has 0 saturated heterocycles. The Bertz CT molecular complexity index is 601. The van der Waals surface area contributed by atoms with Crippen LogP contribution < -0.4 is 0 Å². The first-order valence-electron chi connectivity index (χ1n) is 10.0. The summed E-state index contributed by atoms with van der Waals surface area (Å²) < 4.78 is 0. The van der Waals surface area contributed by atoms with Crippen molar-refractivity contribution >= 4 is 11.9 Å². The lowest BCUT2D eigenvalue weighted by Gasteiger charge is -2.03. The molecule has 154 valence electrons. The number of hydrogen-bond donors (Lipinski definition) is 2. The van der Waals surface area contributed by atoms with Gasteiger partial charge in [-0.15, -0.1) is 0 Å². The largest absolute Gasteiger partial charge is 0.478 e. The Kier molecular flexibility index (Phi) is 15.0. The number of carboxylic acid groups (broad SMARTS) is 2. The van der Waals surface area contributed by atoms with Crippen molar-refractivity contribution in [2.75, 3.05) is 0 Å². The SMILES string of the molecule is CCCCCCCCC.Cc1c(C(=O)O)cccc1C(=O)O.c1ccccc1. The lowest BCUT2D eigenvalue weighted by Crippen LogP contribution is -2.06. The van der Waals surface area contributed by atoms with Crippen LogP contribution in [0, 0.1) is 6.92 Å². The van der Waals surface area contributed by atoms with E-state index in [4.69, 9.17) is 10.2 Å². The molecule has 0 aliphatic heterocycles. The van der Waals surface area contributed by atoms with Crippen molar-refractivity contribution in [3.05, 3.63) is 71.3 Å². The molecule has 0 spiro atoms. The molecular formula is C24H34O4. The average Bonchev–Trinajstić information content (AvgIpc) is 2.70. The fraction of sp³-hybridized carbons (Fsp3) is 0.417. The Morgan fingerprint density at radius 3 is 1.25 bits per heavy atom. The summed E-state index contributed by atoms with van der Waals surface area (Å²) in [6, 6.07) is 16.2. The van der Waals surface area contributed by atoms with E-state index in [0.29, 0.717) is 0 Å². The quantitative estimate of drug-likeness (QED) is 0.487. The summed E-state index contributed by atoms with van der Waals surface area (Å²) in [5.74, 6) is -2.22. The number of rotatable bonds is 8. The van der Waals surface area contributed by atoms with Gasteiger partial charge in [-0.2, -0.15) is 0 Å². The molecule has 2 aromatic carbocycles. The van der Waals surface area contributed by atoms with Gasteiger partial charge in [-0.25, -0.2) is 9.59 Å². The van der Waals surface area contributed by atoms with Crippen LogP contribution in [0.25, 0.3) is 0 Å². The van der Waals surface area contributed by atoms with Crippen molar-refractivity contribution in [2.45, 2.75) is 65.7 Å². The van der Waals surface area contributed by atoms with Gasteiger partial charge in [0.15, 0.2) is 0 Å². The topological polar surface area (TPSA) is 74.6 Å². The van der Waals surface area contributed by atoms with Crippen molar-refractivity contribution in [3.8, 4) is 0 Å². The van der Waals surface area contributed by atoms with Crippen molar-refractivity contribution < 1.29 is 19.8 Å². The zero-order valence-electron chi connectivity index (χ0n) is 17.4. The predicted octanol–water partition coefficient (Wildman–Crippen LogP) is 6.83. The van der Waals surface area contributed by atoms with E-state index in [1.54, 1.807) is 0 Å². The lowest BCUT2D eigenvalue weighted by atomic mass is 10.0. The van der Waals surface area contributed by atoms with E-state index in [1.807, 2.05) is 36.4 Å². The minimum absolute atomic E-state index is 0.0277. The van der Waals surface area contributed by atoms with E-state index in [2.05, 4.69) is 13.8 Å². The van der Waals surface area contributed by atoms with Gasteiger partial charge in [-0.3, -0.25) is 0 Å². The summed E-state index contributed by atoms with van der Waals surface area (Å²) in [5.41, 5.74) is 0.335. The zero-order valence-corrected chi connectivity index (χ0v) is 17.4. The molecule has 2 aromatic rings. The van der Waals surface area contributed by atoms with Gasteiger partial charge in [-0.05, 0) is 24.6 Å². The van der Waals surface area contributed by atoms with E-state index in [-0.39, 0.29) is 16.7 Å². The van der Waals surface area contributed by atoms with Crippen LogP contribution in [0.1, 0.15) is 85.1 Å². The smallest absolute Gasteiger partial charge is 0.335 e. The number of aromatic carboxylic acids is 2. The third-order valence-corrected chi connectivity index (χ3v) is 4.17. The minimum atomic E-state index is -1.11. The van der Waals surface area contributed by atoms with Crippen LogP contribution in [-0.2, 0) is 0 Å². The molecule has 2 N–H and O–H groups in total. The first-order valence-corrected chi connectivity index (χ1v) is 10.0. The third-order valence-electron chi connectivity index (χ3n) is 4.17. The molecule has 0 aromatic heterocycles. The molecule has 0 fully saturated rings. The molecule has 4 nitrogen and oxygen atoms in total. The number of benzene rings is 2. The average molecular weight is 387 g/mol. The molecule has 0 atom stereocenters. The Labute approximate surface area is 169 Å². The molecule has 0 heterocycles. The maximum Gasteiger partial charge on any atom is 0.335 e. The molecule has 2 rings (SSSR count). The van der Waals surface area contributed by atoms with Gasteiger partial charge < -0.3 is 10.2 Å². The third kappa shape index (κ3) is 11.9. The van der Waals surface area contributed by atoms with Crippen LogP contribution in [0.3, 0.4) is 0 Å². The summed E-state index contributed by atoms with van der Waals surface area (Å²) in [5, 5.41) is 17.4. The molecule has 0 amide bonds. The minimum Gasteiger partial charge on any atom is -0.478 e. The van der Waals surface area contributed by atoms with Gasteiger partial charge in [0.05, 0.1) is 11.1 Å². The fourth-order valence-electron chi connectivity index (χ4n) is 2.51. The van der Waals surface area contributed by atoms with Crippen LogP contribution >= 0.6 is 0 Å². The Hall–Kier alpha value is -2.62. The maximum absolute atomic E-state index is 10.6. The monoisotopic (exact) mass is 386 g/mol. The van der Waals surface area contributed by atoms with Crippen molar-refractivity contribution in [3.63, 3.8) is 0 Å². The first kappa shape index (κ1) is 25.4. The van der Waals surface area contributed by atoms with Crippen LogP contribution in [0.4, 0.5) is 0 Å². The van der Waals surface area contributed by atoms with E-state index in [0.717, 1.165) is 0 Å². The maximum atomic E-state index is 10.6. The zero-order chi connectivity index (χ0) is 21.2. The molecule has 4 heteroatoms. The summed E-state index contributed by atoms with van der Waals surface area (Å²) >= 11 is 0. The lowest BCUT2D eigenvalue weighted by molar-refractivity contribution is 0.0696. The normalized spacial score (nSPS) is 9.39. The van der Waals surface area contributed by atoms with Gasteiger partial charge >= 0.3 is 11.9 Å². The van der Waals surface area contributed by atoms with E-state index >= 15 is 0 Å². The van der Waals surface area contributed by atoms with Crippen LogP contribution in [0.2, 0.25) is 0 Å². The highest BCUT2D eigenvalue weighted by Crippen LogP contribution is 2.13. The van der Waals surface area contributed by atoms with Gasteiger partial charge in [0.2, 0.25) is 0 Å². The molecule has 0 aliphatic rings. The van der Waals surface area contributed by atoms with Gasteiger partial charge in [0, 0.05) is 0 Å². The number of unbranched alkanes of at least 4 members (excludes halogenated alkanes) is 6. The van der Waals surface area contributed by atoms with E-state index < -0.39 is 11.9 Å². The van der Waals surface area contributed by atoms with Crippen LogP contribution in [0.5, 0.6) is 0 Å². The Morgan fingerprint density at radius 1 is 0.643 bits per heavy atom. The highest BCUT2D eigenvalue weighted by Gasteiger charge is 2.13. The Balaban J connectivity index is 0.000000421. The van der Waals surface area contributed by atoms with E-state index in [1.165, 1.54) is 70.1 Å². The summed E-state index contributed by atoms with van der Waals surface area (Å²) in [6.45, 7) is 6.01. The number of carboxylic acids is 2. The van der Waals surface area contributed by atoms with Gasteiger partial charge in [-0.1, -0.05) is 101 Å². The second-order valence-electron chi connectivity index (χ2n) is 6.51. The molecule has 0 saturated carbocycles. The van der Waals surface area contributed by atoms with Crippen LogP contribution in [0.15, 0.2) is 54.6 Å². The molecule has 0 radical (unpaired) electrons. The van der Waals surface area contributed by atoms with Crippen LogP contribution in [-0.4, -0.2) is 22.2 Å². The molecule has 0 unspecified atom stereocenters. The second-order valence-corrected chi connectivity index (χ2v) is 6.51. The predicted molar refractivity (Wildman–Crippen MR) is 115 cm³/mol. The molecule has 0 bridgehead atoms. The molecule has 28 heavy (non-hydrogen) atoms. The van der Waals surface area contributed by atoms with E-state index in [9.17, 15) is 9.59 Å². The summed E-state index contributed by atoms with van der Waals surface area (Å²) in [7, 11) is 0. The van der Waals surface area contributed by atoms with Gasteiger partial charge in [0.25, 0.3) is 0 Å². The van der Waals surface area contributed by atoms with Crippen molar-refractivity contribution in [1.82, 2.24) is 0 Å². The first-order chi connectivity index (χ1) is 13.5. The van der Waals surface area contributed by atoms with Crippen molar-refractivity contribution in [2.24, 2.45) is 0 Å². The second kappa shape index (κ2) is 16.5. The fourth-order valence-corrected chi connectivity index (χ4v) is 2.51. The molecular weight excluding hydrogens is 352 g/mol.